The first kappa shape index (κ1) is 28.0. The third-order valence-electron chi connectivity index (χ3n) is 3.26. The standard InChI is InChI=1S/C14H23N3O10.Fe/c18-10(19)5-15(1-3-16(6-11(20)21)7-12(22)23)2-4-17(8-13(24)25)9-14(26)27;/h1-9H2,(H,18,19)(H,20,21)(H,22,23)(H,24,25)(H,26,27);. The molecule has 0 radical (unpaired) electrons. The number of nitrogens with zero attached hydrogens (tertiary/aromatic N) is 3. The van der Waals surface area contributed by atoms with Crippen molar-refractivity contribution >= 4 is 29.8 Å². The summed E-state index contributed by atoms with van der Waals surface area (Å²) in [4.78, 5) is 57.6. The summed E-state index contributed by atoms with van der Waals surface area (Å²) < 4.78 is 0. The fourth-order valence-electron chi connectivity index (χ4n) is 2.22. The Balaban J connectivity index is 0. The van der Waals surface area contributed by atoms with E-state index >= 15 is 0 Å². The van der Waals surface area contributed by atoms with Crippen LogP contribution in [0.5, 0.6) is 0 Å². The van der Waals surface area contributed by atoms with Crippen molar-refractivity contribution in [3.63, 3.8) is 0 Å². The molecule has 0 atom stereocenters. The van der Waals surface area contributed by atoms with Gasteiger partial charge in [-0.2, -0.15) is 0 Å². The van der Waals surface area contributed by atoms with Crippen LogP contribution in [0.2, 0.25) is 0 Å². The Morgan fingerprint density at radius 3 is 0.821 bits per heavy atom. The maximum Gasteiger partial charge on any atom is 0.317 e. The van der Waals surface area contributed by atoms with E-state index in [1.165, 1.54) is 4.90 Å². The molecule has 0 aliphatic carbocycles. The number of aliphatic carboxylic acids is 5. The Hall–Kier alpha value is -2.25. The van der Waals surface area contributed by atoms with E-state index < -0.39 is 62.6 Å². The topological polar surface area (TPSA) is 196 Å². The molecule has 0 fully saturated rings. The van der Waals surface area contributed by atoms with Gasteiger partial charge in [-0.1, -0.05) is 0 Å². The third-order valence-corrected chi connectivity index (χ3v) is 3.26. The summed E-state index contributed by atoms with van der Waals surface area (Å²) in [6, 6.07) is 0. The normalized spacial score (nSPS) is 10.7. The van der Waals surface area contributed by atoms with Gasteiger partial charge in [0.2, 0.25) is 0 Å². The minimum Gasteiger partial charge on any atom is -0.480 e. The molecule has 13 nitrogen and oxygen atoms in total. The van der Waals surface area contributed by atoms with Crippen LogP contribution in [0, 0.1) is 0 Å². The van der Waals surface area contributed by atoms with E-state index in [4.69, 9.17) is 25.5 Å². The van der Waals surface area contributed by atoms with Crippen LogP contribution >= 0.6 is 0 Å². The molecule has 0 rings (SSSR count). The Morgan fingerprint density at radius 1 is 0.429 bits per heavy atom. The van der Waals surface area contributed by atoms with Crippen molar-refractivity contribution in [1.82, 2.24) is 14.7 Å². The average Bonchev–Trinajstić information content (AvgIpc) is 2.46. The van der Waals surface area contributed by atoms with Crippen LogP contribution in [0.4, 0.5) is 0 Å². The fraction of sp³-hybridized carbons (Fsp3) is 0.643. The molecule has 0 aromatic rings. The average molecular weight is 449 g/mol. The summed E-state index contributed by atoms with van der Waals surface area (Å²) >= 11 is 0. The third kappa shape index (κ3) is 16.0. The Kier molecular flexibility index (Phi) is 14.7. The van der Waals surface area contributed by atoms with Gasteiger partial charge >= 0.3 is 29.8 Å². The van der Waals surface area contributed by atoms with E-state index in [0.29, 0.717) is 0 Å². The molecule has 0 saturated heterocycles. The van der Waals surface area contributed by atoms with Crippen molar-refractivity contribution in [3.8, 4) is 0 Å². The molecule has 0 saturated carbocycles. The minimum atomic E-state index is -1.24. The molecule has 14 heteroatoms. The fourth-order valence-corrected chi connectivity index (χ4v) is 2.22. The number of carboxylic acid groups (broad SMARTS) is 5. The molecule has 0 heterocycles. The zero-order chi connectivity index (χ0) is 21.0. The Labute approximate surface area is 170 Å². The van der Waals surface area contributed by atoms with Gasteiger partial charge in [-0.15, -0.1) is 0 Å². The first-order valence-corrected chi connectivity index (χ1v) is 7.75. The summed E-state index contributed by atoms with van der Waals surface area (Å²) in [6.45, 7) is -2.74. The summed E-state index contributed by atoms with van der Waals surface area (Å²) in [5.74, 6) is -6.16. The predicted octanol–water partition coefficient (Wildman–Crippen LogP) is -2.69. The van der Waals surface area contributed by atoms with Crippen molar-refractivity contribution in [2.24, 2.45) is 0 Å². The Morgan fingerprint density at radius 2 is 0.607 bits per heavy atom. The van der Waals surface area contributed by atoms with Gasteiger partial charge in [0, 0.05) is 43.2 Å². The van der Waals surface area contributed by atoms with Gasteiger partial charge in [-0.05, 0) is 0 Å². The summed E-state index contributed by atoms with van der Waals surface area (Å²) in [6.07, 6.45) is 0. The summed E-state index contributed by atoms with van der Waals surface area (Å²) in [5.41, 5.74) is 0. The second-order valence-corrected chi connectivity index (χ2v) is 5.67. The van der Waals surface area contributed by atoms with Crippen LogP contribution in [-0.2, 0) is 41.0 Å². The predicted molar refractivity (Wildman–Crippen MR) is 87.5 cm³/mol. The van der Waals surface area contributed by atoms with Gasteiger partial charge < -0.3 is 25.5 Å². The van der Waals surface area contributed by atoms with Crippen LogP contribution < -0.4 is 0 Å². The molecule has 0 spiro atoms. The largest absolute Gasteiger partial charge is 0.480 e. The molecule has 0 aromatic heterocycles. The van der Waals surface area contributed by atoms with Gasteiger partial charge in [-0.3, -0.25) is 38.7 Å². The van der Waals surface area contributed by atoms with E-state index in [0.717, 1.165) is 9.80 Å². The number of rotatable bonds is 16. The van der Waals surface area contributed by atoms with Gasteiger partial charge in [-0.25, -0.2) is 0 Å². The van der Waals surface area contributed by atoms with Crippen molar-refractivity contribution in [3.05, 3.63) is 0 Å². The molecule has 0 aliphatic heterocycles. The minimum absolute atomic E-state index is 0. The molecule has 5 N–H and O–H groups in total. The second-order valence-electron chi connectivity index (χ2n) is 5.67. The monoisotopic (exact) mass is 449 g/mol. The second kappa shape index (κ2) is 14.8. The summed E-state index contributed by atoms with van der Waals surface area (Å²) in [5, 5.41) is 44.1. The van der Waals surface area contributed by atoms with E-state index in [9.17, 15) is 24.0 Å². The molecule has 0 unspecified atom stereocenters. The number of carboxylic acids is 5. The number of hydrogen-bond acceptors (Lipinski definition) is 8. The molecule has 162 valence electrons. The van der Waals surface area contributed by atoms with E-state index in [1.807, 2.05) is 0 Å². The smallest absolute Gasteiger partial charge is 0.317 e. The Bertz CT molecular complexity index is 487. The van der Waals surface area contributed by atoms with Crippen LogP contribution in [0.1, 0.15) is 0 Å². The van der Waals surface area contributed by atoms with E-state index in [2.05, 4.69) is 0 Å². The quantitative estimate of drug-likeness (QED) is 0.153. The van der Waals surface area contributed by atoms with Crippen LogP contribution in [0.15, 0.2) is 0 Å². The van der Waals surface area contributed by atoms with Crippen molar-refractivity contribution < 1.29 is 66.6 Å². The SMILES string of the molecule is O=C(O)CN(CCN(CC(=O)O)CC(=O)O)CCN(CC(=O)O)CC(=O)O.[Fe]. The van der Waals surface area contributed by atoms with Crippen LogP contribution in [0.25, 0.3) is 0 Å². The van der Waals surface area contributed by atoms with E-state index in [1.54, 1.807) is 0 Å². The van der Waals surface area contributed by atoms with Gasteiger partial charge in [0.25, 0.3) is 0 Å². The van der Waals surface area contributed by atoms with Gasteiger partial charge in [0.05, 0.1) is 32.7 Å². The van der Waals surface area contributed by atoms with E-state index in [-0.39, 0.29) is 43.2 Å². The molecule has 0 amide bonds. The zero-order valence-electron chi connectivity index (χ0n) is 14.8. The van der Waals surface area contributed by atoms with Crippen LogP contribution in [0.3, 0.4) is 0 Å². The molecular weight excluding hydrogens is 426 g/mol. The van der Waals surface area contributed by atoms with Crippen molar-refractivity contribution in [2.75, 3.05) is 58.9 Å². The molecule has 28 heavy (non-hydrogen) atoms. The molecule has 0 aromatic carbocycles. The summed E-state index contributed by atoms with van der Waals surface area (Å²) in [7, 11) is 0. The maximum absolute atomic E-state index is 11.0. The first-order chi connectivity index (χ1) is 12.5. The van der Waals surface area contributed by atoms with Crippen LogP contribution in [-0.4, -0.2) is 129 Å². The number of carbonyl (C=O) groups is 5. The van der Waals surface area contributed by atoms with Crippen molar-refractivity contribution in [2.45, 2.75) is 0 Å². The molecule has 0 bridgehead atoms. The zero-order valence-corrected chi connectivity index (χ0v) is 15.9. The van der Waals surface area contributed by atoms with Gasteiger partial charge in [0.15, 0.2) is 0 Å². The maximum atomic E-state index is 11.0. The van der Waals surface area contributed by atoms with Crippen molar-refractivity contribution in [1.29, 1.82) is 0 Å². The molecular formula is C14H23FeN3O10. The molecule has 0 aliphatic rings. The number of hydrogen-bond donors (Lipinski definition) is 5. The van der Waals surface area contributed by atoms with Gasteiger partial charge in [0.1, 0.15) is 0 Å². The first-order valence-electron chi connectivity index (χ1n) is 7.75.